The van der Waals surface area contributed by atoms with Gasteiger partial charge in [-0.1, -0.05) is 47.4 Å². The van der Waals surface area contributed by atoms with Gasteiger partial charge in [0.25, 0.3) is 0 Å². The van der Waals surface area contributed by atoms with Gasteiger partial charge in [0, 0.05) is 28.9 Å². The summed E-state index contributed by atoms with van der Waals surface area (Å²) in [7, 11) is 0. The van der Waals surface area contributed by atoms with Crippen LogP contribution in [0.15, 0.2) is 18.2 Å². The zero-order chi connectivity index (χ0) is 12.4. The van der Waals surface area contributed by atoms with Crippen molar-refractivity contribution in [3.05, 3.63) is 28.8 Å². The molecular weight excluding hydrogens is 318 g/mol. The Morgan fingerprint density at radius 3 is 2.53 bits per heavy atom. The zero-order valence-electron chi connectivity index (χ0n) is 10.1. The highest BCUT2D eigenvalue weighted by Crippen LogP contribution is 2.33. The van der Waals surface area contributed by atoms with Gasteiger partial charge in [-0.05, 0) is 17.7 Å². The largest absolute Gasteiger partial charge is 0.368 e. The number of anilines is 1. The molecule has 1 nitrogen and oxygen atoms in total. The first-order valence-corrected chi connectivity index (χ1v) is 8.29. The smallest absolute Gasteiger partial charge is 0.0642 e. The van der Waals surface area contributed by atoms with Gasteiger partial charge in [0.05, 0.1) is 10.7 Å². The van der Waals surface area contributed by atoms with E-state index in [1.807, 2.05) is 0 Å². The summed E-state index contributed by atoms with van der Waals surface area (Å²) >= 11 is 11.9. The molecule has 17 heavy (non-hydrogen) atoms. The molecule has 2 atom stereocenters. The zero-order valence-corrected chi connectivity index (χ0v) is 13.3. The van der Waals surface area contributed by atoms with Crippen LogP contribution in [0, 0.1) is 0 Å². The molecule has 2 rings (SSSR count). The molecule has 2 unspecified atom stereocenters. The van der Waals surface area contributed by atoms with E-state index >= 15 is 0 Å². The van der Waals surface area contributed by atoms with Crippen molar-refractivity contribution in [2.24, 2.45) is 0 Å². The number of benzene rings is 1. The van der Waals surface area contributed by atoms with Gasteiger partial charge >= 0.3 is 0 Å². The molecule has 0 amide bonds. The second-order valence-corrected chi connectivity index (χ2v) is 7.43. The van der Waals surface area contributed by atoms with Crippen LogP contribution in [0.3, 0.4) is 0 Å². The van der Waals surface area contributed by atoms with Gasteiger partial charge in [-0.15, -0.1) is 0 Å². The van der Waals surface area contributed by atoms with Crippen molar-refractivity contribution in [3.8, 4) is 0 Å². The molecule has 94 valence electrons. The molecule has 4 heteroatoms. The second kappa shape index (κ2) is 5.85. The molecule has 1 aliphatic heterocycles. The van der Waals surface area contributed by atoms with E-state index in [4.69, 9.17) is 11.6 Å². The van der Waals surface area contributed by atoms with Crippen molar-refractivity contribution in [1.29, 1.82) is 0 Å². The van der Waals surface area contributed by atoms with E-state index in [0.717, 1.165) is 23.4 Å². The Morgan fingerprint density at radius 1 is 1.35 bits per heavy atom. The highest BCUT2D eigenvalue weighted by molar-refractivity contribution is 9.08. The predicted octanol–water partition coefficient (Wildman–Crippen LogP) is 4.57. The minimum Gasteiger partial charge on any atom is -0.368 e. The van der Waals surface area contributed by atoms with Crippen LogP contribution < -0.4 is 4.90 Å². The maximum atomic E-state index is 6.37. The molecule has 0 spiro atoms. The lowest BCUT2D eigenvalue weighted by molar-refractivity contribution is 0.728. The van der Waals surface area contributed by atoms with Gasteiger partial charge in [-0.3, -0.25) is 0 Å². The lowest BCUT2D eigenvalue weighted by Crippen LogP contribution is -2.40. The fraction of sp³-hybridized carbons (Fsp3) is 0.538. The van der Waals surface area contributed by atoms with Crippen molar-refractivity contribution >= 4 is 45.0 Å². The van der Waals surface area contributed by atoms with Crippen LogP contribution >= 0.6 is 39.3 Å². The Kier molecular flexibility index (Phi) is 4.67. The van der Waals surface area contributed by atoms with Crippen molar-refractivity contribution in [3.63, 3.8) is 0 Å². The summed E-state index contributed by atoms with van der Waals surface area (Å²) in [6.07, 6.45) is 0. The number of hydrogen-bond donors (Lipinski definition) is 0. The molecule has 1 aliphatic rings. The van der Waals surface area contributed by atoms with E-state index in [1.165, 1.54) is 11.3 Å². The van der Waals surface area contributed by atoms with E-state index in [2.05, 4.69) is 64.6 Å². The highest BCUT2D eigenvalue weighted by atomic mass is 79.9. The third kappa shape index (κ3) is 3.33. The van der Waals surface area contributed by atoms with Crippen LogP contribution in [0.5, 0.6) is 0 Å². The first-order chi connectivity index (χ1) is 8.10. The Balaban J connectivity index is 2.21. The number of rotatable bonds is 2. The predicted molar refractivity (Wildman–Crippen MR) is 82.8 cm³/mol. The molecule has 1 aromatic rings. The molecule has 0 N–H and O–H groups in total. The molecule has 1 saturated heterocycles. The normalized spacial score (nSPS) is 25.1. The lowest BCUT2D eigenvalue weighted by Gasteiger charge is -2.36. The van der Waals surface area contributed by atoms with E-state index < -0.39 is 0 Å². The Morgan fingerprint density at radius 2 is 2.00 bits per heavy atom. The second-order valence-electron chi connectivity index (χ2n) is 4.58. The summed E-state index contributed by atoms with van der Waals surface area (Å²) in [5.41, 5.74) is 2.40. The molecular formula is C13H17BrClNS. The van der Waals surface area contributed by atoms with Gasteiger partial charge < -0.3 is 4.90 Å². The van der Waals surface area contributed by atoms with E-state index in [9.17, 15) is 0 Å². The third-order valence-corrected chi connectivity index (χ3v) is 5.10. The number of hydrogen-bond acceptors (Lipinski definition) is 2. The molecule has 0 aliphatic carbocycles. The van der Waals surface area contributed by atoms with E-state index in [-0.39, 0.29) is 0 Å². The molecule has 0 saturated carbocycles. The monoisotopic (exact) mass is 333 g/mol. The van der Waals surface area contributed by atoms with Crippen molar-refractivity contribution in [2.75, 3.05) is 18.0 Å². The summed E-state index contributed by atoms with van der Waals surface area (Å²) in [6, 6.07) is 6.35. The van der Waals surface area contributed by atoms with Crippen LogP contribution in [0.4, 0.5) is 5.69 Å². The molecule has 0 aromatic heterocycles. The topological polar surface area (TPSA) is 3.24 Å². The van der Waals surface area contributed by atoms with Crippen molar-refractivity contribution < 1.29 is 0 Å². The summed E-state index contributed by atoms with van der Waals surface area (Å²) in [5, 5.41) is 3.07. The Labute approximate surface area is 121 Å². The van der Waals surface area contributed by atoms with Gasteiger partial charge in [0.2, 0.25) is 0 Å². The Hall–Kier alpha value is 0.140. The molecule has 0 bridgehead atoms. The highest BCUT2D eigenvalue weighted by Gasteiger charge is 2.23. The minimum atomic E-state index is 0.672. The third-order valence-electron chi connectivity index (χ3n) is 2.93. The van der Waals surface area contributed by atoms with Gasteiger partial charge in [-0.2, -0.15) is 11.8 Å². The number of nitrogens with zero attached hydrogens (tertiary/aromatic N) is 1. The van der Waals surface area contributed by atoms with Crippen molar-refractivity contribution in [1.82, 2.24) is 0 Å². The maximum absolute atomic E-state index is 6.37. The van der Waals surface area contributed by atoms with Crippen LogP contribution in [-0.2, 0) is 5.33 Å². The van der Waals surface area contributed by atoms with Gasteiger partial charge in [-0.25, -0.2) is 0 Å². The number of alkyl halides is 1. The van der Waals surface area contributed by atoms with Gasteiger partial charge in [0.1, 0.15) is 0 Å². The van der Waals surface area contributed by atoms with Gasteiger partial charge in [0.15, 0.2) is 0 Å². The van der Waals surface area contributed by atoms with Crippen LogP contribution in [0.1, 0.15) is 19.4 Å². The van der Waals surface area contributed by atoms with E-state index in [0.29, 0.717) is 10.5 Å². The summed E-state index contributed by atoms with van der Waals surface area (Å²) in [4.78, 5) is 2.41. The quantitative estimate of drug-likeness (QED) is 0.729. The maximum Gasteiger partial charge on any atom is 0.0642 e. The average molecular weight is 335 g/mol. The minimum absolute atomic E-state index is 0.672. The first kappa shape index (κ1) is 13.6. The standard InChI is InChI=1S/C13H17BrClNS/c1-9-7-16(8-10(2)17-9)13-4-3-11(6-14)5-12(13)15/h3-5,9-10H,6-8H2,1-2H3. The fourth-order valence-corrected chi connectivity index (χ4v) is 4.26. The number of halogens is 2. The first-order valence-electron chi connectivity index (χ1n) is 5.85. The molecule has 0 radical (unpaired) electrons. The summed E-state index contributed by atoms with van der Waals surface area (Å²) in [6.45, 7) is 6.74. The summed E-state index contributed by atoms with van der Waals surface area (Å²) < 4.78 is 0. The molecule has 1 heterocycles. The summed E-state index contributed by atoms with van der Waals surface area (Å²) in [5.74, 6) is 0. The SMILES string of the molecule is CC1CN(c2ccc(CBr)cc2Cl)CC(C)S1. The average Bonchev–Trinajstić information content (AvgIpc) is 2.27. The van der Waals surface area contributed by atoms with Crippen molar-refractivity contribution in [2.45, 2.75) is 29.7 Å². The lowest BCUT2D eigenvalue weighted by atomic mass is 10.2. The fourth-order valence-electron chi connectivity index (χ4n) is 2.26. The van der Waals surface area contributed by atoms with Crippen LogP contribution in [-0.4, -0.2) is 23.6 Å². The van der Waals surface area contributed by atoms with Crippen LogP contribution in [0.25, 0.3) is 0 Å². The number of thioether (sulfide) groups is 1. The molecule has 1 fully saturated rings. The van der Waals surface area contributed by atoms with Crippen LogP contribution in [0.2, 0.25) is 5.02 Å². The van der Waals surface area contributed by atoms with E-state index in [1.54, 1.807) is 0 Å². The Bertz CT molecular complexity index is 389. The molecule has 1 aromatic carbocycles.